The van der Waals surface area contributed by atoms with E-state index in [0.29, 0.717) is 12.5 Å². The number of hydrogen-bond acceptors (Lipinski definition) is 4. The van der Waals surface area contributed by atoms with Gasteiger partial charge in [-0.05, 0) is 42.2 Å². The van der Waals surface area contributed by atoms with Gasteiger partial charge in [-0.25, -0.2) is 4.98 Å². The fraction of sp³-hybridized carbons (Fsp3) is 0.350. The van der Waals surface area contributed by atoms with Gasteiger partial charge in [0.1, 0.15) is 5.69 Å². The van der Waals surface area contributed by atoms with Gasteiger partial charge < -0.3 is 9.30 Å². The molecule has 0 aromatic carbocycles. The van der Waals surface area contributed by atoms with Crippen molar-refractivity contribution in [2.45, 2.75) is 25.8 Å². The molecule has 1 fully saturated rings. The van der Waals surface area contributed by atoms with Crippen LogP contribution >= 0.6 is 0 Å². The van der Waals surface area contributed by atoms with E-state index in [1.54, 1.807) is 0 Å². The second-order valence-corrected chi connectivity index (χ2v) is 6.49. The minimum absolute atomic E-state index is 0.276. The maximum Gasteiger partial charge on any atom is 0.158 e. The number of aryl methyl sites for hydroxylation is 1. The largest absolute Gasteiger partial charge is 0.379 e. The number of hydrogen-bond donors (Lipinski definition) is 0. The van der Waals surface area contributed by atoms with E-state index in [1.165, 1.54) is 11.1 Å². The number of aromatic nitrogens is 4. The van der Waals surface area contributed by atoms with Gasteiger partial charge in [-0.3, -0.25) is 9.97 Å². The maximum absolute atomic E-state index is 5.81. The molecule has 0 aliphatic carbocycles. The van der Waals surface area contributed by atoms with E-state index in [0.717, 1.165) is 31.0 Å². The van der Waals surface area contributed by atoms with Gasteiger partial charge in [0.25, 0.3) is 0 Å². The summed E-state index contributed by atoms with van der Waals surface area (Å²) in [5, 5.41) is 0. The first kappa shape index (κ1) is 16.0. The van der Waals surface area contributed by atoms with Crippen LogP contribution in [0, 0.1) is 5.92 Å². The average Bonchev–Trinajstić information content (AvgIpc) is 3.31. The zero-order valence-electron chi connectivity index (χ0n) is 14.4. The van der Waals surface area contributed by atoms with Crippen molar-refractivity contribution in [1.29, 1.82) is 0 Å². The SMILES string of the molecule is CCc1ccc(-c2nccn2[C@@H]2COC[C@@H]2Cc2ccncc2)nc1. The Balaban J connectivity index is 1.59. The first-order valence-corrected chi connectivity index (χ1v) is 8.80. The third-order valence-corrected chi connectivity index (χ3v) is 4.90. The lowest BCUT2D eigenvalue weighted by Gasteiger charge is -2.21. The lowest BCUT2D eigenvalue weighted by atomic mass is 9.95. The molecule has 0 spiro atoms. The highest BCUT2D eigenvalue weighted by Crippen LogP contribution is 2.32. The minimum atomic E-state index is 0.276. The topological polar surface area (TPSA) is 52.8 Å². The second-order valence-electron chi connectivity index (χ2n) is 6.49. The number of rotatable bonds is 5. The smallest absolute Gasteiger partial charge is 0.158 e. The normalized spacial score (nSPS) is 20.0. The Hall–Kier alpha value is -2.53. The van der Waals surface area contributed by atoms with Crippen molar-refractivity contribution in [1.82, 2.24) is 19.5 Å². The Morgan fingerprint density at radius 1 is 1.04 bits per heavy atom. The van der Waals surface area contributed by atoms with Gasteiger partial charge in [-0.15, -0.1) is 0 Å². The van der Waals surface area contributed by atoms with Crippen LogP contribution in [0.2, 0.25) is 0 Å². The third-order valence-electron chi connectivity index (χ3n) is 4.90. The molecule has 3 aromatic rings. The number of nitrogens with zero attached hydrogens (tertiary/aromatic N) is 4. The van der Waals surface area contributed by atoms with Gasteiger partial charge in [0.2, 0.25) is 0 Å². The Morgan fingerprint density at radius 2 is 1.92 bits per heavy atom. The Kier molecular flexibility index (Phi) is 4.57. The molecule has 4 rings (SSSR count). The zero-order valence-corrected chi connectivity index (χ0v) is 14.4. The standard InChI is InChI=1S/C20H22N4O/c1-2-15-3-4-18(23-12-15)20-22-9-10-24(20)19-14-25-13-17(19)11-16-5-7-21-8-6-16/h3-10,12,17,19H,2,11,13-14H2,1H3/t17-,19+/m0/s1. The van der Waals surface area contributed by atoms with E-state index >= 15 is 0 Å². The van der Waals surface area contributed by atoms with E-state index in [1.807, 2.05) is 31.0 Å². The molecule has 0 bridgehead atoms. The molecule has 5 nitrogen and oxygen atoms in total. The fourth-order valence-electron chi connectivity index (χ4n) is 3.46. The summed E-state index contributed by atoms with van der Waals surface area (Å²) in [5.74, 6) is 1.34. The first-order chi connectivity index (χ1) is 12.3. The minimum Gasteiger partial charge on any atom is -0.379 e. The molecule has 1 aliphatic heterocycles. The Morgan fingerprint density at radius 3 is 2.68 bits per heavy atom. The van der Waals surface area contributed by atoms with Gasteiger partial charge in [0.05, 0.1) is 19.3 Å². The van der Waals surface area contributed by atoms with Gasteiger partial charge in [0.15, 0.2) is 5.82 Å². The van der Waals surface area contributed by atoms with Gasteiger partial charge in [-0.1, -0.05) is 13.0 Å². The van der Waals surface area contributed by atoms with Crippen molar-refractivity contribution in [3.63, 3.8) is 0 Å². The third kappa shape index (κ3) is 3.33. The number of imidazole rings is 1. The van der Waals surface area contributed by atoms with Crippen molar-refractivity contribution in [2.75, 3.05) is 13.2 Å². The van der Waals surface area contributed by atoms with Crippen LogP contribution in [0.4, 0.5) is 0 Å². The van der Waals surface area contributed by atoms with Crippen LogP contribution < -0.4 is 0 Å². The molecule has 1 aliphatic rings. The van der Waals surface area contributed by atoms with E-state index in [9.17, 15) is 0 Å². The maximum atomic E-state index is 5.81. The summed E-state index contributed by atoms with van der Waals surface area (Å²) in [6, 6.07) is 8.62. The summed E-state index contributed by atoms with van der Waals surface area (Å²) in [6.07, 6.45) is 11.5. The quantitative estimate of drug-likeness (QED) is 0.718. The van der Waals surface area contributed by atoms with Crippen molar-refractivity contribution in [2.24, 2.45) is 5.92 Å². The van der Waals surface area contributed by atoms with Gasteiger partial charge in [0, 0.05) is 36.9 Å². The van der Waals surface area contributed by atoms with E-state index in [-0.39, 0.29) is 6.04 Å². The fourth-order valence-corrected chi connectivity index (χ4v) is 3.46. The van der Waals surface area contributed by atoms with Crippen LogP contribution in [0.15, 0.2) is 55.2 Å². The van der Waals surface area contributed by atoms with Crippen molar-refractivity contribution >= 4 is 0 Å². The highest BCUT2D eigenvalue weighted by Gasteiger charge is 2.31. The summed E-state index contributed by atoms with van der Waals surface area (Å²) in [5.41, 5.74) is 3.45. The number of pyridine rings is 2. The summed E-state index contributed by atoms with van der Waals surface area (Å²) in [7, 11) is 0. The molecule has 3 aromatic heterocycles. The highest BCUT2D eigenvalue weighted by atomic mass is 16.5. The van der Waals surface area contributed by atoms with Crippen molar-refractivity contribution in [3.05, 3.63) is 66.4 Å². The molecule has 0 unspecified atom stereocenters. The van der Waals surface area contributed by atoms with Crippen LogP contribution in [0.25, 0.3) is 11.5 Å². The van der Waals surface area contributed by atoms with Crippen LogP contribution in [0.5, 0.6) is 0 Å². The van der Waals surface area contributed by atoms with Crippen molar-refractivity contribution in [3.8, 4) is 11.5 Å². The summed E-state index contributed by atoms with van der Waals surface area (Å²) in [6.45, 7) is 3.62. The summed E-state index contributed by atoms with van der Waals surface area (Å²) >= 11 is 0. The van der Waals surface area contributed by atoms with Crippen LogP contribution in [0.1, 0.15) is 24.1 Å². The highest BCUT2D eigenvalue weighted by molar-refractivity contribution is 5.50. The molecule has 2 atom stereocenters. The molecule has 0 N–H and O–H groups in total. The van der Waals surface area contributed by atoms with Crippen LogP contribution in [-0.2, 0) is 17.6 Å². The van der Waals surface area contributed by atoms with E-state index in [4.69, 9.17) is 4.74 Å². The lowest BCUT2D eigenvalue weighted by Crippen LogP contribution is -2.20. The number of ether oxygens (including phenoxy) is 1. The molecule has 0 amide bonds. The van der Waals surface area contributed by atoms with Crippen LogP contribution in [0.3, 0.4) is 0 Å². The van der Waals surface area contributed by atoms with Gasteiger partial charge in [-0.2, -0.15) is 0 Å². The Labute approximate surface area is 147 Å². The first-order valence-electron chi connectivity index (χ1n) is 8.80. The van der Waals surface area contributed by atoms with Crippen LogP contribution in [-0.4, -0.2) is 32.7 Å². The van der Waals surface area contributed by atoms with E-state index < -0.39 is 0 Å². The predicted molar refractivity (Wildman–Crippen MR) is 96.1 cm³/mol. The van der Waals surface area contributed by atoms with Crippen molar-refractivity contribution < 1.29 is 4.74 Å². The molecule has 0 saturated carbocycles. The molecule has 25 heavy (non-hydrogen) atoms. The summed E-state index contributed by atoms with van der Waals surface area (Å²) < 4.78 is 8.04. The zero-order chi connectivity index (χ0) is 17.1. The molecule has 0 radical (unpaired) electrons. The molecule has 128 valence electrons. The van der Waals surface area contributed by atoms with E-state index in [2.05, 4.69) is 50.7 Å². The van der Waals surface area contributed by atoms with Gasteiger partial charge >= 0.3 is 0 Å². The lowest BCUT2D eigenvalue weighted by molar-refractivity contribution is 0.181. The Bertz CT molecular complexity index is 813. The molecule has 1 saturated heterocycles. The second kappa shape index (κ2) is 7.15. The summed E-state index contributed by atoms with van der Waals surface area (Å²) in [4.78, 5) is 13.3. The molecule has 4 heterocycles. The average molecular weight is 334 g/mol. The monoisotopic (exact) mass is 334 g/mol. The molecular formula is C20H22N4O. The predicted octanol–water partition coefficient (Wildman–Crippen LogP) is 3.33. The molecular weight excluding hydrogens is 312 g/mol. The molecule has 5 heteroatoms.